The van der Waals surface area contributed by atoms with E-state index < -0.39 is 5.41 Å². The van der Waals surface area contributed by atoms with E-state index in [1.54, 1.807) is 4.90 Å². The molecule has 1 aromatic rings. The van der Waals surface area contributed by atoms with Gasteiger partial charge in [0, 0.05) is 50.7 Å². The minimum Gasteiger partial charge on any atom is -0.373 e. The van der Waals surface area contributed by atoms with Crippen LogP contribution in [0.2, 0.25) is 0 Å². The van der Waals surface area contributed by atoms with Gasteiger partial charge < -0.3 is 15.0 Å². The van der Waals surface area contributed by atoms with Crippen molar-refractivity contribution in [3.8, 4) is 0 Å². The summed E-state index contributed by atoms with van der Waals surface area (Å²) in [5, 5.41) is 2.92. The maximum atomic E-state index is 12.7. The van der Waals surface area contributed by atoms with Gasteiger partial charge in [0.05, 0.1) is 12.2 Å². The Morgan fingerprint density at radius 3 is 2.25 bits per heavy atom. The minimum atomic E-state index is -0.408. The lowest BCUT2D eigenvalue weighted by Gasteiger charge is -2.36. The van der Waals surface area contributed by atoms with Crippen molar-refractivity contribution in [1.29, 1.82) is 0 Å². The largest absolute Gasteiger partial charge is 0.373 e. The topological polar surface area (TPSA) is 61.9 Å². The van der Waals surface area contributed by atoms with E-state index in [2.05, 4.69) is 24.1 Å². The number of amides is 2. The quantitative estimate of drug-likeness (QED) is 0.812. The summed E-state index contributed by atoms with van der Waals surface area (Å²) in [5.74, 6) is 0.0266. The molecule has 1 heterocycles. The molecule has 6 nitrogen and oxygen atoms in total. The molecule has 28 heavy (non-hydrogen) atoms. The fourth-order valence-electron chi connectivity index (χ4n) is 3.29. The molecule has 0 bridgehead atoms. The summed E-state index contributed by atoms with van der Waals surface area (Å²) >= 11 is 0. The van der Waals surface area contributed by atoms with Crippen molar-refractivity contribution in [2.45, 2.75) is 53.4 Å². The molecule has 1 aromatic carbocycles. The third kappa shape index (κ3) is 6.60. The molecule has 1 aliphatic rings. The molecule has 2 rings (SSSR count). The van der Waals surface area contributed by atoms with Crippen LogP contribution in [0.5, 0.6) is 0 Å². The van der Waals surface area contributed by atoms with Gasteiger partial charge in [-0.15, -0.1) is 0 Å². The molecule has 0 spiro atoms. The van der Waals surface area contributed by atoms with Crippen LogP contribution in [0.4, 0.5) is 0 Å². The fourth-order valence-corrected chi connectivity index (χ4v) is 3.29. The van der Waals surface area contributed by atoms with Gasteiger partial charge in [0.15, 0.2) is 0 Å². The van der Waals surface area contributed by atoms with E-state index in [1.165, 1.54) is 0 Å². The summed E-state index contributed by atoms with van der Waals surface area (Å²) in [6, 6.07) is 7.46. The van der Waals surface area contributed by atoms with Crippen molar-refractivity contribution in [2.24, 2.45) is 5.41 Å². The lowest BCUT2D eigenvalue weighted by atomic mass is 9.95. The second kappa shape index (κ2) is 9.52. The van der Waals surface area contributed by atoms with Crippen LogP contribution >= 0.6 is 0 Å². The molecular weight excluding hydrogens is 354 g/mol. The Kier molecular flexibility index (Phi) is 7.61. The van der Waals surface area contributed by atoms with Crippen LogP contribution in [0.1, 0.15) is 50.5 Å². The Morgan fingerprint density at radius 2 is 1.71 bits per heavy atom. The highest BCUT2D eigenvalue weighted by Crippen LogP contribution is 2.14. The number of nitrogens with zero attached hydrogens (tertiary/aromatic N) is 2. The molecule has 1 N–H and O–H groups in total. The first-order valence-corrected chi connectivity index (χ1v) is 10.1. The molecule has 2 amide bonds. The molecule has 2 atom stereocenters. The molecule has 1 fully saturated rings. The SMILES string of the molecule is C[C@@H]1CN(CCN(C)C(=O)c2ccc(CNC(=O)C(C)(C)C)cc2)C[C@H](C)O1. The predicted molar refractivity (Wildman–Crippen MR) is 111 cm³/mol. The highest BCUT2D eigenvalue weighted by molar-refractivity contribution is 5.94. The van der Waals surface area contributed by atoms with E-state index in [1.807, 2.05) is 52.1 Å². The third-order valence-electron chi connectivity index (χ3n) is 4.93. The predicted octanol–water partition coefficient (Wildman–Crippen LogP) is 2.53. The zero-order chi connectivity index (χ0) is 20.9. The van der Waals surface area contributed by atoms with Gasteiger partial charge in [0.25, 0.3) is 5.91 Å². The summed E-state index contributed by atoms with van der Waals surface area (Å²) in [7, 11) is 1.84. The standard InChI is InChI=1S/C22H35N3O3/c1-16-14-25(15-17(2)28-16)12-11-24(6)20(26)19-9-7-18(8-10-19)13-23-21(27)22(3,4)5/h7-10,16-17H,11-15H2,1-6H3,(H,23,27)/t16-,17+. The van der Waals surface area contributed by atoms with Crippen LogP contribution in [-0.2, 0) is 16.1 Å². The van der Waals surface area contributed by atoms with Gasteiger partial charge in [-0.1, -0.05) is 32.9 Å². The number of carbonyl (C=O) groups is 2. The van der Waals surface area contributed by atoms with Gasteiger partial charge in [-0.05, 0) is 31.5 Å². The van der Waals surface area contributed by atoms with Crippen molar-refractivity contribution >= 4 is 11.8 Å². The lowest BCUT2D eigenvalue weighted by Crippen LogP contribution is -2.48. The maximum absolute atomic E-state index is 12.7. The fraction of sp³-hybridized carbons (Fsp3) is 0.636. The van der Waals surface area contributed by atoms with Crippen LogP contribution in [-0.4, -0.2) is 67.0 Å². The first-order chi connectivity index (χ1) is 13.1. The van der Waals surface area contributed by atoms with Crippen molar-refractivity contribution in [3.05, 3.63) is 35.4 Å². The van der Waals surface area contributed by atoms with E-state index in [0.717, 1.165) is 25.2 Å². The third-order valence-corrected chi connectivity index (χ3v) is 4.93. The van der Waals surface area contributed by atoms with Crippen LogP contribution in [0, 0.1) is 5.41 Å². The van der Waals surface area contributed by atoms with Gasteiger partial charge >= 0.3 is 0 Å². The molecule has 0 unspecified atom stereocenters. The number of nitrogens with one attached hydrogen (secondary N) is 1. The average Bonchev–Trinajstić information content (AvgIpc) is 2.62. The smallest absolute Gasteiger partial charge is 0.253 e. The van der Waals surface area contributed by atoms with Crippen molar-refractivity contribution in [3.63, 3.8) is 0 Å². The van der Waals surface area contributed by atoms with Crippen molar-refractivity contribution in [1.82, 2.24) is 15.1 Å². The van der Waals surface area contributed by atoms with Crippen LogP contribution < -0.4 is 5.32 Å². The number of carbonyl (C=O) groups excluding carboxylic acids is 2. The molecule has 0 aromatic heterocycles. The number of likely N-dealkylation sites (N-methyl/N-ethyl adjacent to an activating group) is 1. The number of morpholine rings is 1. The zero-order valence-corrected chi connectivity index (χ0v) is 18.1. The number of hydrogen-bond donors (Lipinski definition) is 1. The van der Waals surface area contributed by atoms with Crippen LogP contribution in [0.15, 0.2) is 24.3 Å². The van der Waals surface area contributed by atoms with Gasteiger partial charge in [-0.3, -0.25) is 14.5 Å². The first-order valence-electron chi connectivity index (χ1n) is 10.1. The van der Waals surface area contributed by atoms with Crippen molar-refractivity contribution < 1.29 is 14.3 Å². The van der Waals surface area contributed by atoms with Gasteiger partial charge in [0.1, 0.15) is 0 Å². The van der Waals surface area contributed by atoms with Gasteiger partial charge in [0.2, 0.25) is 5.91 Å². The zero-order valence-electron chi connectivity index (χ0n) is 18.1. The van der Waals surface area contributed by atoms with E-state index in [0.29, 0.717) is 18.7 Å². The molecule has 0 saturated carbocycles. The molecule has 1 aliphatic heterocycles. The van der Waals surface area contributed by atoms with Gasteiger partial charge in [-0.25, -0.2) is 0 Å². The van der Waals surface area contributed by atoms with E-state index in [9.17, 15) is 9.59 Å². The number of rotatable bonds is 6. The Labute approximate surface area is 169 Å². The highest BCUT2D eigenvalue weighted by atomic mass is 16.5. The van der Waals surface area contributed by atoms with Gasteiger partial charge in [-0.2, -0.15) is 0 Å². The number of hydrogen-bond acceptors (Lipinski definition) is 4. The lowest BCUT2D eigenvalue weighted by molar-refractivity contribution is -0.128. The first kappa shape index (κ1) is 22.4. The molecule has 6 heteroatoms. The molecule has 156 valence electrons. The Balaban J connectivity index is 1.83. The van der Waals surface area contributed by atoms with E-state index in [4.69, 9.17) is 4.74 Å². The Bertz CT molecular complexity index is 657. The van der Waals surface area contributed by atoms with E-state index in [-0.39, 0.29) is 24.0 Å². The number of ether oxygens (including phenoxy) is 1. The maximum Gasteiger partial charge on any atom is 0.253 e. The summed E-state index contributed by atoms with van der Waals surface area (Å²) in [5.41, 5.74) is 1.24. The minimum absolute atomic E-state index is 0.0131. The highest BCUT2D eigenvalue weighted by Gasteiger charge is 2.23. The number of benzene rings is 1. The normalized spacial score (nSPS) is 20.6. The Hall–Kier alpha value is -1.92. The summed E-state index contributed by atoms with van der Waals surface area (Å²) in [4.78, 5) is 28.7. The second-order valence-electron chi connectivity index (χ2n) is 8.87. The summed E-state index contributed by atoms with van der Waals surface area (Å²) < 4.78 is 5.76. The Morgan fingerprint density at radius 1 is 1.14 bits per heavy atom. The average molecular weight is 390 g/mol. The second-order valence-corrected chi connectivity index (χ2v) is 8.87. The van der Waals surface area contributed by atoms with Crippen LogP contribution in [0.3, 0.4) is 0 Å². The summed E-state index contributed by atoms with van der Waals surface area (Å²) in [6.45, 7) is 13.6. The molecular formula is C22H35N3O3. The van der Waals surface area contributed by atoms with Crippen molar-refractivity contribution in [2.75, 3.05) is 33.2 Å². The van der Waals surface area contributed by atoms with E-state index >= 15 is 0 Å². The molecule has 0 radical (unpaired) electrons. The monoisotopic (exact) mass is 389 g/mol. The van der Waals surface area contributed by atoms with Crippen LogP contribution in [0.25, 0.3) is 0 Å². The summed E-state index contributed by atoms with van der Waals surface area (Å²) in [6.07, 6.45) is 0.465. The molecule has 0 aliphatic carbocycles. The molecule has 1 saturated heterocycles.